The van der Waals surface area contributed by atoms with Gasteiger partial charge in [0.15, 0.2) is 0 Å². The maximum Gasteiger partial charge on any atom is 0.328 e. The van der Waals surface area contributed by atoms with Gasteiger partial charge in [0.1, 0.15) is 6.04 Å². The minimum Gasteiger partial charge on any atom is -0.467 e. The summed E-state index contributed by atoms with van der Waals surface area (Å²) in [5.74, 6) is -0.770. The predicted octanol–water partition coefficient (Wildman–Crippen LogP) is 3.86. The molecule has 0 spiro atoms. The maximum absolute atomic E-state index is 13.4. The van der Waals surface area contributed by atoms with Gasteiger partial charge in [0.25, 0.3) is 5.91 Å². The summed E-state index contributed by atoms with van der Waals surface area (Å²) in [5.41, 5.74) is 1.83. The number of esters is 1. The molecule has 1 N–H and O–H groups in total. The number of pyridine rings is 1. The smallest absolute Gasteiger partial charge is 0.328 e. The molecular weight excluding hydrogens is 424 g/mol. The SMILES string of the molecule is COC(=O)[C@H](CC[S@@](=O)c1ccccc1)NC(=O)c1c2ccccc2nc2ccccc12. The van der Waals surface area contributed by atoms with Gasteiger partial charge < -0.3 is 10.1 Å². The van der Waals surface area contributed by atoms with E-state index in [1.54, 1.807) is 12.1 Å². The van der Waals surface area contributed by atoms with Crippen molar-refractivity contribution in [2.24, 2.45) is 0 Å². The number of fused-ring (bicyclic) bond motifs is 2. The number of hydrogen-bond donors (Lipinski definition) is 1. The Hall–Kier alpha value is -3.58. The Morgan fingerprint density at radius 3 is 2.06 bits per heavy atom. The summed E-state index contributed by atoms with van der Waals surface area (Å²) in [6.07, 6.45) is 0.181. The lowest BCUT2D eigenvalue weighted by molar-refractivity contribution is -0.142. The van der Waals surface area contributed by atoms with E-state index < -0.39 is 28.7 Å². The highest BCUT2D eigenvalue weighted by Gasteiger charge is 2.25. The Labute approximate surface area is 188 Å². The standard InChI is InChI=1S/C25H22N2O4S/c1-31-25(29)22(15-16-32(30)17-9-3-2-4-10-17)27-24(28)23-18-11-5-7-13-20(18)26-21-14-8-6-12-19(21)23/h2-14,22H,15-16H2,1H3,(H,27,28)/t22-,32+/m0/s1. The minimum atomic E-state index is -1.30. The number of amides is 1. The molecule has 0 bridgehead atoms. The summed E-state index contributed by atoms with van der Waals surface area (Å²) in [4.78, 5) is 31.1. The topological polar surface area (TPSA) is 85.4 Å². The number of rotatable bonds is 7. The van der Waals surface area contributed by atoms with E-state index in [-0.39, 0.29) is 12.2 Å². The molecule has 162 valence electrons. The first-order valence-electron chi connectivity index (χ1n) is 10.2. The lowest BCUT2D eigenvalue weighted by atomic mass is 10.0. The fourth-order valence-corrected chi connectivity index (χ4v) is 4.77. The van der Waals surface area contributed by atoms with Crippen LogP contribution in [0.25, 0.3) is 21.8 Å². The van der Waals surface area contributed by atoms with E-state index in [1.807, 2.05) is 66.7 Å². The number of para-hydroxylation sites is 2. The second-order valence-electron chi connectivity index (χ2n) is 7.22. The Bertz CT molecular complexity index is 1250. The van der Waals surface area contributed by atoms with E-state index in [0.717, 1.165) is 0 Å². The summed E-state index contributed by atoms with van der Waals surface area (Å²) in [6.45, 7) is 0. The number of nitrogens with zero attached hydrogens (tertiary/aromatic N) is 1. The maximum atomic E-state index is 13.4. The van der Waals surface area contributed by atoms with Gasteiger partial charge in [0, 0.05) is 21.4 Å². The van der Waals surface area contributed by atoms with E-state index in [9.17, 15) is 13.8 Å². The molecule has 0 saturated heterocycles. The Kier molecular flexibility index (Phi) is 6.56. The summed E-state index contributed by atoms with van der Waals surface area (Å²) >= 11 is 0. The molecule has 0 unspecified atom stereocenters. The fraction of sp³-hybridized carbons (Fsp3) is 0.160. The van der Waals surface area contributed by atoms with Crippen LogP contribution < -0.4 is 5.32 Å². The Morgan fingerprint density at radius 1 is 0.906 bits per heavy atom. The molecule has 3 aromatic carbocycles. The highest BCUT2D eigenvalue weighted by Crippen LogP contribution is 2.26. The van der Waals surface area contributed by atoms with Crippen molar-refractivity contribution in [3.8, 4) is 0 Å². The second kappa shape index (κ2) is 9.70. The molecule has 0 aliphatic carbocycles. The number of nitrogens with one attached hydrogen (secondary N) is 1. The Balaban J connectivity index is 1.63. The van der Waals surface area contributed by atoms with Gasteiger partial charge in [0.2, 0.25) is 0 Å². The number of aromatic nitrogens is 1. The van der Waals surface area contributed by atoms with Crippen LogP contribution in [0, 0.1) is 0 Å². The zero-order chi connectivity index (χ0) is 22.5. The first-order chi connectivity index (χ1) is 15.6. The lowest BCUT2D eigenvalue weighted by Gasteiger charge is -2.18. The monoisotopic (exact) mass is 446 g/mol. The molecule has 1 aromatic heterocycles. The highest BCUT2D eigenvalue weighted by atomic mass is 32.2. The third kappa shape index (κ3) is 4.53. The summed E-state index contributed by atoms with van der Waals surface area (Å²) < 4.78 is 17.5. The van der Waals surface area contributed by atoms with Gasteiger partial charge in [0.05, 0.1) is 34.5 Å². The number of carbonyl (C=O) groups is 2. The molecule has 0 aliphatic heterocycles. The predicted molar refractivity (Wildman–Crippen MR) is 125 cm³/mol. The number of hydrogen-bond acceptors (Lipinski definition) is 5. The molecule has 0 saturated carbocycles. The average Bonchev–Trinajstić information content (AvgIpc) is 2.84. The van der Waals surface area contributed by atoms with Gasteiger partial charge in [-0.25, -0.2) is 9.78 Å². The normalized spacial score (nSPS) is 12.9. The van der Waals surface area contributed by atoms with Crippen LogP contribution in [0.1, 0.15) is 16.8 Å². The van der Waals surface area contributed by atoms with Crippen molar-refractivity contribution in [1.29, 1.82) is 0 Å². The van der Waals surface area contributed by atoms with E-state index in [2.05, 4.69) is 10.3 Å². The zero-order valence-electron chi connectivity index (χ0n) is 17.5. The third-order valence-corrected chi connectivity index (χ3v) is 6.61. The molecule has 32 heavy (non-hydrogen) atoms. The first-order valence-corrected chi connectivity index (χ1v) is 11.5. The molecule has 0 fully saturated rings. The molecule has 6 nitrogen and oxygen atoms in total. The fourth-order valence-electron chi connectivity index (χ4n) is 3.62. The van der Waals surface area contributed by atoms with E-state index in [0.29, 0.717) is 32.3 Å². The molecule has 4 rings (SSSR count). The van der Waals surface area contributed by atoms with Gasteiger partial charge in [-0.2, -0.15) is 0 Å². The van der Waals surface area contributed by atoms with Gasteiger partial charge in [-0.3, -0.25) is 9.00 Å². The van der Waals surface area contributed by atoms with Crippen molar-refractivity contribution < 1.29 is 18.5 Å². The van der Waals surface area contributed by atoms with E-state index >= 15 is 0 Å². The van der Waals surface area contributed by atoms with Crippen molar-refractivity contribution in [3.63, 3.8) is 0 Å². The summed E-state index contributed by atoms with van der Waals surface area (Å²) in [5, 5.41) is 4.19. The van der Waals surface area contributed by atoms with Crippen molar-refractivity contribution in [2.75, 3.05) is 12.9 Å². The van der Waals surface area contributed by atoms with E-state index in [1.165, 1.54) is 7.11 Å². The molecule has 0 radical (unpaired) electrons. The number of benzene rings is 3. The van der Waals surface area contributed by atoms with Crippen LogP contribution in [-0.4, -0.2) is 40.0 Å². The van der Waals surface area contributed by atoms with Gasteiger partial charge in [-0.05, 0) is 30.7 Å². The van der Waals surface area contributed by atoms with Crippen LogP contribution in [0.15, 0.2) is 83.8 Å². The Morgan fingerprint density at radius 2 is 1.47 bits per heavy atom. The largest absolute Gasteiger partial charge is 0.467 e. The molecule has 0 aliphatic rings. The van der Waals surface area contributed by atoms with Crippen LogP contribution in [0.4, 0.5) is 0 Å². The third-order valence-electron chi connectivity index (χ3n) is 5.20. The lowest BCUT2D eigenvalue weighted by Crippen LogP contribution is -2.42. The molecule has 1 amide bonds. The molecule has 1 heterocycles. The number of carbonyl (C=O) groups excluding carboxylic acids is 2. The number of methoxy groups -OCH3 is 1. The molecule has 7 heteroatoms. The van der Waals surface area contributed by atoms with Crippen LogP contribution in [0.2, 0.25) is 0 Å². The second-order valence-corrected chi connectivity index (χ2v) is 8.79. The van der Waals surface area contributed by atoms with Crippen LogP contribution in [0.5, 0.6) is 0 Å². The summed E-state index contributed by atoms with van der Waals surface area (Å²) in [7, 11) is -0.0247. The quantitative estimate of drug-likeness (QED) is 0.344. The van der Waals surface area contributed by atoms with Crippen LogP contribution in [0.3, 0.4) is 0 Å². The van der Waals surface area contributed by atoms with Crippen molar-refractivity contribution in [2.45, 2.75) is 17.4 Å². The zero-order valence-corrected chi connectivity index (χ0v) is 18.3. The van der Waals surface area contributed by atoms with Gasteiger partial charge >= 0.3 is 5.97 Å². The minimum absolute atomic E-state index is 0.181. The first kappa shape index (κ1) is 21.6. The number of ether oxygens (including phenoxy) is 1. The highest BCUT2D eigenvalue weighted by molar-refractivity contribution is 7.85. The van der Waals surface area contributed by atoms with Crippen molar-refractivity contribution in [1.82, 2.24) is 10.3 Å². The van der Waals surface area contributed by atoms with Gasteiger partial charge in [-0.1, -0.05) is 54.6 Å². The molecule has 4 aromatic rings. The van der Waals surface area contributed by atoms with Crippen LogP contribution >= 0.6 is 0 Å². The average molecular weight is 447 g/mol. The van der Waals surface area contributed by atoms with E-state index in [4.69, 9.17) is 4.74 Å². The van der Waals surface area contributed by atoms with Gasteiger partial charge in [-0.15, -0.1) is 0 Å². The van der Waals surface area contributed by atoms with Crippen LogP contribution in [-0.2, 0) is 20.3 Å². The summed E-state index contributed by atoms with van der Waals surface area (Å²) in [6, 6.07) is 22.9. The molecule has 2 atom stereocenters. The van der Waals surface area contributed by atoms with Crippen molar-refractivity contribution in [3.05, 3.63) is 84.4 Å². The molecular formula is C25H22N2O4S. The van der Waals surface area contributed by atoms with Crippen molar-refractivity contribution >= 4 is 44.5 Å².